The van der Waals surface area contributed by atoms with Gasteiger partial charge >= 0.3 is 0 Å². The van der Waals surface area contributed by atoms with E-state index in [0.29, 0.717) is 25.3 Å². The Bertz CT molecular complexity index is 1060. The summed E-state index contributed by atoms with van der Waals surface area (Å²) in [6, 6.07) is 17.5. The topological polar surface area (TPSA) is 82.5 Å². The Labute approximate surface area is 181 Å². The fourth-order valence-corrected chi connectivity index (χ4v) is 3.13. The van der Waals surface area contributed by atoms with Gasteiger partial charge in [-0.25, -0.2) is 4.68 Å². The molecular weight excluding hydrogens is 394 g/mol. The zero-order chi connectivity index (χ0) is 22.2. The van der Waals surface area contributed by atoms with Crippen LogP contribution in [0.4, 0.5) is 0 Å². The van der Waals surface area contributed by atoms with Crippen LogP contribution in [0.3, 0.4) is 0 Å². The molecule has 0 saturated carbocycles. The van der Waals surface area contributed by atoms with Crippen molar-refractivity contribution in [1.29, 1.82) is 0 Å². The summed E-state index contributed by atoms with van der Waals surface area (Å²) in [7, 11) is 1.62. The lowest BCUT2D eigenvalue weighted by Crippen LogP contribution is -2.37. The van der Waals surface area contributed by atoms with Crippen molar-refractivity contribution < 1.29 is 14.3 Å². The van der Waals surface area contributed by atoms with Crippen molar-refractivity contribution in [2.24, 2.45) is 0 Å². The molecular formula is C24H27N3O4. The SMILES string of the molecule is CCOc1ccc(-c2ccc(=O)n(C(C)C(=O)NCCc3ccc(OC)cc3)n2)cc1. The van der Waals surface area contributed by atoms with Gasteiger partial charge in [0.15, 0.2) is 0 Å². The molecule has 1 atom stereocenters. The van der Waals surface area contributed by atoms with Crippen molar-refractivity contribution in [2.45, 2.75) is 26.3 Å². The van der Waals surface area contributed by atoms with E-state index in [9.17, 15) is 9.59 Å². The number of methoxy groups -OCH3 is 1. The van der Waals surface area contributed by atoms with E-state index in [4.69, 9.17) is 9.47 Å². The van der Waals surface area contributed by atoms with Crippen LogP contribution in [0, 0.1) is 0 Å². The number of amides is 1. The maximum absolute atomic E-state index is 12.6. The summed E-state index contributed by atoms with van der Waals surface area (Å²) < 4.78 is 11.8. The third-order valence-electron chi connectivity index (χ3n) is 4.90. The van der Waals surface area contributed by atoms with E-state index in [1.165, 1.54) is 10.7 Å². The number of nitrogens with one attached hydrogen (secondary N) is 1. The second-order valence-corrected chi connectivity index (χ2v) is 7.02. The standard InChI is InChI=1S/C24H27N3O4/c1-4-31-21-11-7-19(8-12-21)22-13-14-23(28)27(26-22)17(2)24(29)25-16-15-18-5-9-20(30-3)10-6-18/h5-14,17H,4,15-16H2,1-3H3,(H,25,29). The summed E-state index contributed by atoms with van der Waals surface area (Å²) in [4.78, 5) is 24.9. The molecule has 3 aromatic rings. The highest BCUT2D eigenvalue weighted by Gasteiger charge is 2.17. The van der Waals surface area contributed by atoms with E-state index in [2.05, 4.69) is 10.4 Å². The van der Waals surface area contributed by atoms with Gasteiger partial charge in [0.25, 0.3) is 5.56 Å². The van der Waals surface area contributed by atoms with Gasteiger partial charge in [0.1, 0.15) is 17.5 Å². The first-order chi connectivity index (χ1) is 15.0. The molecule has 7 heteroatoms. The first kappa shape index (κ1) is 22.1. The van der Waals surface area contributed by atoms with E-state index in [-0.39, 0.29) is 11.5 Å². The predicted octanol–water partition coefficient (Wildman–Crippen LogP) is 3.24. The molecule has 2 aromatic carbocycles. The van der Waals surface area contributed by atoms with Crippen molar-refractivity contribution in [2.75, 3.05) is 20.3 Å². The number of benzene rings is 2. The zero-order valence-corrected chi connectivity index (χ0v) is 18.0. The van der Waals surface area contributed by atoms with Crippen LogP contribution in [-0.4, -0.2) is 35.9 Å². The molecule has 0 aliphatic heterocycles. The number of hydrogen-bond acceptors (Lipinski definition) is 5. The van der Waals surface area contributed by atoms with Crippen molar-refractivity contribution in [3.05, 3.63) is 76.6 Å². The Hall–Kier alpha value is -3.61. The lowest BCUT2D eigenvalue weighted by Gasteiger charge is -2.15. The molecule has 0 spiro atoms. The van der Waals surface area contributed by atoms with Crippen LogP contribution in [0.25, 0.3) is 11.3 Å². The Morgan fingerprint density at radius 3 is 2.35 bits per heavy atom. The lowest BCUT2D eigenvalue weighted by molar-refractivity contribution is -0.124. The molecule has 31 heavy (non-hydrogen) atoms. The maximum Gasteiger partial charge on any atom is 0.267 e. The van der Waals surface area contributed by atoms with Crippen molar-refractivity contribution in [1.82, 2.24) is 15.1 Å². The van der Waals surface area contributed by atoms with E-state index in [1.54, 1.807) is 20.1 Å². The Morgan fingerprint density at radius 1 is 1.03 bits per heavy atom. The average Bonchev–Trinajstić information content (AvgIpc) is 2.80. The number of aromatic nitrogens is 2. The average molecular weight is 421 g/mol. The fourth-order valence-electron chi connectivity index (χ4n) is 3.13. The summed E-state index contributed by atoms with van der Waals surface area (Å²) in [5, 5.41) is 7.29. The van der Waals surface area contributed by atoms with Crippen molar-refractivity contribution in [3.8, 4) is 22.8 Å². The number of hydrogen-bond donors (Lipinski definition) is 1. The molecule has 1 N–H and O–H groups in total. The van der Waals surface area contributed by atoms with Gasteiger partial charge in [-0.3, -0.25) is 9.59 Å². The minimum absolute atomic E-state index is 0.257. The Balaban J connectivity index is 1.65. The van der Waals surface area contributed by atoms with Gasteiger partial charge in [0.05, 0.1) is 19.4 Å². The second kappa shape index (κ2) is 10.4. The maximum atomic E-state index is 12.6. The molecule has 1 heterocycles. The number of ether oxygens (including phenoxy) is 2. The molecule has 0 aliphatic carbocycles. The van der Waals surface area contributed by atoms with E-state index in [1.807, 2.05) is 55.5 Å². The van der Waals surface area contributed by atoms with Gasteiger partial charge in [0.2, 0.25) is 5.91 Å². The molecule has 0 saturated heterocycles. The van der Waals surface area contributed by atoms with Gasteiger partial charge in [0, 0.05) is 18.2 Å². The lowest BCUT2D eigenvalue weighted by atomic mass is 10.1. The Morgan fingerprint density at radius 2 is 1.71 bits per heavy atom. The fraction of sp³-hybridized carbons (Fsp3) is 0.292. The first-order valence-electron chi connectivity index (χ1n) is 10.3. The molecule has 3 rings (SSSR count). The number of carbonyl (C=O) groups is 1. The highest BCUT2D eigenvalue weighted by atomic mass is 16.5. The van der Waals surface area contributed by atoms with Gasteiger partial charge < -0.3 is 14.8 Å². The molecule has 0 bridgehead atoms. The quantitative estimate of drug-likeness (QED) is 0.574. The molecule has 7 nitrogen and oxygen atoms in total. The highest BCUT2D eigenvalue weighted by molar-refractivity contribution is 5.79. The molecule has 1 unspecified atom stereocenters. The number of rotatable bonds is 9. The summed E-state index contributed by atoms with van der Waals surface area (Å²) in [5.74, 6) is 1.30. The summed E-state index contributed by atoms with van der Waals surface area (Å²) in [6.07, 6.45) is 0.678. The summed E-state index contributed by atoms with van der Waals surface area (Å²) in [5.41, 5.74) is 2.21. The largest absolute Gasteiger partial charge is 0.497 e. The monoisotopic (exact) mass is 421 g/mol. The minimum Gasteiger partial charge on any atom is -0.497 e. The Kier molecular flexibility index (Phi) is 7.43. The third-order valence-corrected chi connectivity index (χ3v) is 4.90. The summed E-state index contributed by atoms with van der Waals surface area (Å²) in [6.45, 7) is 4.64. The predicted molar refractivity (Wildman–Crippen MR) is 120 cm³/mol. The smallest absolute Gasteiger partial charge is 0.267 e. The van der Waals surface area contributed by atoms with Crippen LogP contribution in [-0.2, 0) is 11.2 Å². The second-order valence-electron chi connectivity index (χ2n) is 7.02. The van der Waals surface area contributed by atoms with Gasteiger partial charge in [-0.1, -0.05) is 12.1 Å². The van der Waals surface area contributed by atoms with Gasteiger partial charge in [-0.05, 0) is 68.3 Å². The molecule has 0 aliphatic rings. The number of carbonyl (C=O) groups excluding carboxylic acids is 1. The van der Waals surface area contributed by atoms with Crippen LogP contribution in [0.1, 0.15) is 25.5 Å². The normalized spacial score (nSPS) is 11.6. The zero-order valence-electron chi connectivity index (χ0n) is 18.0. The van der Waals surface area contributed by atoms with Crippen LogP contribution < -0.4 is 20.3 Å². The molecule has 162 valence electrons. The highest BCUT2D eigenvalue weighted by Crippen LogP contribution is 2.20. The first-order valence-corrected chi connectivity index (χ1v) is 10.3. The minimum atomic E-state index is -0.731. The van der Waals surface area contributed by atoms with Gasteiger partial charge in [-0.15, -0.1) is 0 Å². The summed E-state index contributed by atoms with van der Waals surface area (Å²) >= 11 is 0. The van der Waals surface area contributed by atoms with E-state index in [0.717, 1.165) is 22.6 Å². The third kappa shape index (κ3) is 5.72. The van der Waals surface area contributed by atoms with Gasteiger partial charge in [-0.2, -0.15) is 5.10 Å². The van der Waals surface area contributed by atoms with Crippen molar-refractivity contribution >= 4 is 5.91 Å². The van der Waals surface area contributed by atoms with Crippen LogP contribution in [0.2, 0.25) is 0 Å². The van der Waals surface area contributed by atoms with Crippen molar-refractivity contribution in [3.63, 3.8) is 0 Å². The van der Waals surface area contributed by atoms with Crippen LogP contribution in [0.15, 0.2) is 65.5 Å². The van der Waals surface area contributed by atoms with E-state index >= 15 is 0 Å². The molecule has 1 amide bonds. The molecule has 1 aromatic heterocycles. The van der Waals surface area contributed by atoms with Crippen LogP contribution >= 0.6 is 0 Å². The van der Waals surface area contributed by atoms with Crippen LogP contribution in [0.5, 0.6) is 11.5 Å². The number of nitrogens with zero attached hydrogens (tertiary/aromatic N) is 2. The van der Waals surface area contributed by atoms with E-state index < -0.39 is 6.04 Å². The molecule has 0 fully saturated rings. The molecule has 0 radical (unpaired) electrons.